The Hall–Kier alpha value is -1.07. The molecule has 3 heterocycles. The number of rotatable bonds is 3. The zero-order valence-corrected chi connectivity index (χ0v) is 14.1. The summed E-state index contributed by atoms with van der Waals surface area (Å²) in [7, 11) is 4.22. The minimum Gasteiger partial charge on any atom is -0.310 e. The first-order valence-electron chi connectivity index (χ1n) is 7.69. The van der Waals surface area contributed by atoms with E-state index >= 15 is 0 Å². The summed E-state index contributed by atoms with van der Waals surface area (Å²) in [5.74, 6) is 1.72. The number of hydrogen-bond donors (Lipinski definition) is 0. The number of piperidine rings is 1. The molecule has 1 saturated heterocycles. The van der Waals surface area contributed by atoms with Gasteiger partial charge in [0.05, 0.1) is 5.69 Å². The SMILES string of the molecule is Cc1nn(C)c2c1nc(CCCl)n2C1CCN(C)C(C)C1. The number of likely N-dealkylation sites (tertiary alicyclic amines) is 1. The van der Waals surface area contributed by atoms with Gasteiger partial charge in [0, 0.05) is 38.0 Å². The number of nitrogens with zero attached hydrogens (tertiary/aromatic N) is 5. The lowest BCUT2D eigenvalue weighted by molar-refractivity contribution is 0.156. The Bertz CT molecular complexity index is 644. The average molecular weight is 310 g/mol. The Balaban J connectivity index is 2.08. The van der Waals surface area contributed by atoms with Gasteiger partial charge in [-0.3, -0.25) is 4.68 Å². The van der Waals surface area contributed by atoms with E-state index in [-0.39, 0.29) is 0 Å². The van der Waals surface area contributed by atoms with Crippen LogP contribution in [0.1, 0.15) is 37.3 Å². The number of imidazole rings is 1. The van der Waals surface area contributed by atoms with Gasteiger partial charge in [0.2, 0.25) is 0 Å². The summed E-state index contributed by atoms with van der Waals surface area (Å²) in [5.41, 5.74) is 3.18. The molecule has 2 atom stereocenters. The van der Waals surface area contributed by atoms with Crippen LogP contribution >= 0.6 is 11.6 Å². The molecule has 0 radical (unpaired) electrons. The number of alkyl halides is 1. The van der Waals surface area contributed by atoms with E-state index in [9.17, 15) is 0 Å². The summed E-state index contributed by atoms with van der Waals surface area (Å²) in [6.07, 6.45) is 3.13. The maximum absolute atomic E-state index is 5.99. The van der Waals surface area contributed by atoms with Gasteiger partial charge in [0.15, 0.2) is 5.65 Å². The second-order valence-electron chi connectivity index (χ2n) is 6.23. The molecule has 1 aliphatic rings. The number of halogens is 1. The van der Waals surface area contributed by atoms with Crippen molar-refractivity contribution in [1.29, 1.82) is 0 Å². The van der Waals surface area contributed by atoms with Crippen LogP contribution in [-0.4, -0.2) is 49.7 Å². The molecule has 116 valence electrons. The van der Waals surface area contributed by atoms with Gasteiger partial charge in [-0.25, -0.2) is 4.98 Å². The van der Waals surface area contributed by atoms with Crippen molar-refractivity contribution in [3.05, 3.63) is 11.5 Å². The highest BCUT2D eigenvalue weighted by molar-refractivity contribution is 6.17. The van der Waals surface area contributed by atoms with E-state index in [0.29, 0.717) is 18.0 Å². The number of hydrogen-bond acceptors (Lipinski definition) is 3. The first-order chi connectivity index (χ1) is 10.0. The van der Waals surface area contributed by atoms with Gasteiger partial charge >= 0.3 is 0 Å². The van der Waals surface area contributed by atoms with Crippen LogP contribution in [-0.2, 0) is 13.5 Å². The summed E-state index contributed by atoms with van der Waals surface area (Å²) in [4.78, 5) is 7.25. The summed E-state index contributed by atoms with van der Waals surface area (Å²) >= 11 is 5.99. The molecule has 0 aromatic carbocycles. The van der Waals surface area contributed by atoms with Crippen molar-refractivity contribution in [3.8, 4) is 0 Å². The Morgan fingerprint density at radius 1 is 1.33 bits per heavy atom. The Morgan fingerprint density at radius 2 is 2.10 bits per heavy atom. The van der Waals surface area contributed by atoms with Gasteiger partial charge in [-0.2, -0.15) is 5.10 Å². The van der Waals surface area contributed by atoms with Crippen molar-refractivity contribution in [2.24, 2.45) is 7.05 Å². The molecule has 2 aromatic heterocycles. The third-order valence-corrected chi connectivity index (χ3v) is 4.96. The van der Waals surface area contributed by atoms with E-state index in [1.165, 1.54) is 0 Å². The molecule has 21 heavy (non-hydrogen) atoms. The Kier molecular flexibility index (Phi) is 3.97. The van der Waals surface area contributed by atoms with Gasteiger partial charge in [-0.15, -0.1) is 11.6 Å². The molecule has 6 heteroatoms. The molecule has 0 amide bonds. The van der Waals surface area contributed by atoms with Crippen LogP contribution in [0.15, 0.2) is 0 Å². The maximum atomic E-state index is 5.99. The monoisotopic (exact) mass is 309 g/mol. The van der Waals surface area contributed by atoms with Crippen LogP contribution in [0.4, 0.5) is 0 Å². The van der Waals surface area contributed by atoms with Crippen molar-refractivity contribution >= 4 is 22.8 Å². The normalized spacial score (nSPS) is 24.0. The summed E-state index contributed by atoms with van der Waals surface area (Å²) in [5, 5.41) is 4.53. The van der Waals surface area contributed by atoms with Crippen molar-refractivity contribution in [3.63, 3.8) is 0 Å². The second-order valence-corrected chi connectivity index (χ2v) is 6.60. The molecule has 0 saturated carbocycles. The lowest BCUT2D eigenvalue weighted by Crippen LogP contribution is -2.39. The van der Waals surface area contributed by atoms with E-state index in [2.05, 4.69) is 28.5 Å². The van der Waals surface area contributed by atoms with Crippen LogP contribution in [0.2, 0.25) is 0 Å². The molecule has 0 aliphatic carbocycles. The second kappa shape index (κ2) is 5.61. The molecule has 5 nitrogen and oxygen atoms in total. The van der Waals surface area contributed by atoms with Crippen LogP contribution in [0.25, 0.3) is 11.2 Å². The molecule has 1 aliphatic heterocycles. The average Bonchev–Trinajstić information content (AvgIpc) is 2.93. The first-order valence-corrected chi connectivity index (χ1v) is 8.23. The summed E-state index contributed by atoms with van der Waals surface area (Å²) in [6.45, 7) is 5.46. The van der Waals surface area contributed by atoms with E-state index in [0.717, 1.165) is 48.5 Å². The van der Waals surface area contributed by atoms with Crippen LogP contribution in [0.5, 0.6) is 0 Å². The van der Waals surface area contributed by atoms with Crippen LogP contribution in [0.3, 0.4) is 0 Å². The highest BCUT2D eigenvalue weighted by atomic mass is 35.5. The molecule has 2 unspecified atom stereocenters. The van der Waals surface area contributed by atoms with Gasteiger partial charge in [0.1, 0.15) is 11.3 Å². The fourth-order valence-corrected chi connectivity index (χ4v) is 3.65. The number of fused-ring (bicyclic) bond motifs is 1. The molecule has 0 bridgehead atoms. The van der Waals surface area contributed by atoms with Crippen molar-refractivity contribution < 1.29 is 0 Å². The quantitative estimate of drug-likeness (QED) is 0.818. The van der Waals surface area contributed by atoms with Gasteiger partial charge in [-0.1, -0.05) is 0 Å². The Labute approximate surface area is 130 Å². The molecule has 0 spiro atoms. The molecule has 0 N–H and O–H groups in total. The first kappa shape index (κ1) is 14.9. The van der Waals surface area contributed by atoms with Gasteiger partial charge in [0.25, 0.3) is 0 Å². The summed E-state index contributed by atoms with van der Waals surface area (Å²) in [6, 6.07) is 1.09. The van der Waals surface area contributed by atoms with Crippen LogP contribution in [0, 0.1) is 6.92 Å². The fraction of sp³-hybridized carbons (Fsp3) is 0.733. The van der Waals surface area contributed by atoms with Crippen LogP contribution < -0.4 is 0 Å². The maximum Gasteiger partial charge on any atom is 0.158 e. The topological polar surface area (TPSA) is 38.9 Å². The fourth-order valence-electron chi connectivity index (χ4n) is 3.48. The third-order valence-electron chi connectivity index (χ3n) is 4.77. The van der Waals surface area contributed by atoms with Gasteiger partial charge < -0.3 is 9.47 Å². The van der Waals surface area contributed by atoms with Crippen molar-refractivity contribution in [1.82, 2.24) is 24.2 Å². The largest absolute Gasteiger partial charge is 0.310 e. The number of aromatic nitrogens is 4. The standard InChI is InChI=1S/C15H24ClN5/c1-10-9-12(6-8-19(10)3)21-13(5-7-16)17-14-11(2)18-20(4)15(14)21/h10,12H,5-9H2,1-4H3. The minimum absolute atomic E-state index is 0.495. The smallest absolute Gasteiger partial charge is 0.158 e. The number of aryl methyl sites for hydroxylation is 3. The van der Waals surface area contributed by atoms with Crippen molar-refractivity contribution in [2.45, 2.75) is 45.2 Å². The predicted octanol–water partition coefficient (Wildman–Crippen LogP) is 2.51. The van der Waals surface area contributed by atoms with Gasteiger partial charge in [-0.05, 0) is 33.7 Å². The van der Waals surface area contributed by atoms with Crippen molar-refractivity contribution in [2.75, 3.05) is 19.5 Å². The molecule has 3 rings (SSSR count). The minimum atomic E-state index is 0.495. The van der Waals surface area contributed by atoms with E-state index in [1.807, 2.05) is 18.7 Å². The van der Waals surface area contributed by atoms with E-state index < -0.39 is 0 Å². The highest BCUT2D eigenvalue weighted by Gasteiger charge is 2.28. The molecular formula is C15H24ClN5. The van der Waals surface area contributed by atoms with E-state index in [1.54, 1.807) is 0 Å². The Morgan fingerprint density at radius 3 is 2.76 bits per heavy atom. The highest BCUT2D eigenvalue weighted by Crippen LogP contribution is 2.32. The predicted molar refractivity (Wildman–Crippen MR) is 86.0 cm³/mol. The molecule has 1 fully saturated rings. The molecule has 2 aromatic rings. The zero-order valence-electron chi connectivity index (χ0n) is 13.3. The zero-order chi connectivity index (χ0) is 15.1. The molecular weight excluding hydrogens is 286 g/mol. The third kappa shape index (κ3) is 2.46. The lowest BCUT2D eigenvalue weighted by atomic mass is 9.98. The summed E-state index contributed by atoms with van der Waals surface area (Å²) < 4.78 is 4.37. The van der Waals surface area contributed by atoms with E-state index in [4.69, 9.17) is 16.6 Å². The lowest BCUT2D eigenvalue weighted by Gasteiger charge is -2.36.